The fraction of sp³-hybridized carbons (Fsp3) is 0.105. The first-order valence-corrected chi connectivity index (χ1v) is 8.44. The summed E-state index contributed by atoms with van der Waals surface area (Å²) in [4.78, 5) is 26.2. The van der Waals surface area contributed by atoms with Crippen LogP contribution in [0.4, 0.5) is 10.1 Å². The number of anilines is 1. The van der Waals surface area contributed by atoms with E-state index >= 15 is 0 Å². The Labute approximate surface area is 159 Å². The first-order valence-electron chi connectivity index (χ1n) is 8.03. The summed E-state index contributed by atoms with van der Waals surface area (Å²) in [5.74, 6) is -1.71. The largest absolute Gasteiger partial charge is 0.504 e. The second-order valence-electron chi connectivity index (χ2n) is 5.60. The van der Waals surface area contributed by atoms with E-state index in [-0.39, 0.29) is 27.9 Å². The molecule has 2 amide bonds. The molecule has 0 unspecified atom stereocenters. The Morgan fingerprint density at radius 1 is 1.26 bits per heavy atom. The summed E-state index contributed by atoms with van der Waals surface area (Å²) < 4.78 is 18.8. The number of phenols is 1. The molecule has 8 heteroatoms. The van der Waals surface area contributed by atoms with Gasteiger partial charge >= 0.3 is 0 Å². The predicted octanol–water partition coefficient (Wildman–Crippen LogP) is 2.76. The van der Waals surface area contributed by atoms with Crippen LogP contribution in [0.5, 0.6) is 11.5 Å². The molecule has 3 rings (SSSR count). The first-order chi connectivity index (χ1) is 12.9. The minimum Gasteiger partial charge on any atom is -0.504 e. The lowest BCUT2D eigenvalue weighted by molar-refractivity contribution is -0.122. The number of phenolic OH excluding ortho intramolecular Hbond substituents is 1. The van der Waals surface area contributed by atoms with Crippen LogP contribution < -0.4 is 15.0 Å². The Balaban J connectivity index is 2.00. The standard InChI is InChI=1S/C19H15FN2O4S/c1-2-26-16-9-11(6-7-15(16)23)8-14-17(24)21-19(27)22(18(14)25)13-5-3-4-12(20)10-13/h3-10,23H,2H2,1H3,(H,21,24,27). The molecule has 1 aliphatic heterocycles. The third-order valence-electron chi connectivity index (χ3n) is 3.76. The van der Waals surface area contributed by atoms with Crippen molar-refractivity contribution in [1.29, 1.82) is 0 Å². The minimum atomic E-state index is -0.680. The number of aromatic hydroxyl groups is 1. The molecular formula is C19H15FN2O4S. The third-order valence-corrected chi connectivity index (χ3v) is 4.05. The summed E-state index contributed by atoms with van der Waals surface area (Å²) in [6.07, 6.45) is 1.35. The highest BCUT2D eigenvalue weighted by Crippen LogP contribution is 2.29. The van der Waals surface area contributed by atoms with E-state index in [9.17, 15) is 19.1 Å². The summed E-state index contributed by atoms with van der Waals surface area (Å²) >= 11 is 5.07. The second-order valence-corrected chi connectivity index (χ2v) is 5.98. The number of ether oxygens (including phenoxy) is 1. The van der Waals surface area contributed by atoms with Crippen LogP contribution >= 0.6 is 12.2 Å². The molecule has 1 fully saturated rings. The van der Waals surface area contributed by atoms with Crippen molar-refractivity contribution < 1.29 is 23.8 Å². The Hall–Kier alpha value is -3.26. The van der Waals surface area contributed by atoms with Crippen molar-refractivity contribution in [2.75, 3.05) is 11.5 Å². The average Bonchev–Trinajstić information content (AvgIpc) is 2.61. The lowest BCUT2D eigenvalue weighted by atomic mass is 10.1. The van der Waals surface area contributed by atoms with E-state index in [1.807, 2.05) is 0 Å². The number of carbonyl (C=O) groups excluding carboxylic acids is 2. The molecule has 0 atom stereocenters. The zero-order chi connectivity index (χ0) is 19.6. The molecule has 1 heterocycles. The van der Waals surface area contributed by atoms with Crippen molar-refractivity contribution in [3.05, 3.63) is 59.4 Å². The van der Waals surface area contributed by atoms with Gasteiger partial charge in [0, 0.05) is 0 Å². The molecule has 0 spiro atoms. The third kappa shape index (κ3) is 3.80. The smallest absolute Gasteiger partial charge is 0.270 e. The van der Waals surface area contributed by atoms with E-state index in [0.29, 0.717) is 12.2 Å². The van der Waals surface area contributed by atoms with Gasteiger partial charge in [-0.1, -0.05) is 12.1 Å². The van der Waals surface area contributed by atoms with Crippen LogP contribution in [0.2, 0.25) is 0 Å². The molecule has 27 heavy (non-hydrogen) atoms. The number of carbonyl (C=O) groups is 2. The van der Waals surface area contributed by atoms with E-state index in [2.05, 4.69) is 5.32 Å². The van der Waals surface area contributed by atoms with E-state index in [4.69, 9.17) is 17.0 Å². The maximum Gasteiger partial charge on any atom is 0.270 e. The van der Waals surface area contributed by atoms with Crippen LogP contribution in [-0.2, 0) is 9.59 Å². The first kappa shape index (κ1) is 18.5. The van der Waals surface area contributed by atoms with E-state index < -0.39 is 17.6 Å². The van der Waals surface area contributed by atoms with Gasteiger partial charge in [0.05, 0.1) is 12.3 Å². The Bertz CT molecular complexity index is 974. The molecule has 1 saturated heterocycles. The lowest BCUT2D eigenvalue weighted by Gasteiger charge is -2.28. The van der Waals surface area contributed by atoms with Gasteiger partial charge in [0.1, 0.15) is 11.4 Å². The van der Waals surface area contributed by atoms with Gasteiger partial charge in [-0.25, -0.2) is 4.39 Å². The molecule has 0 saturated carbocycles. The van der Waals surface area contributed by atoms with Crippen molar-refractivity contribution in [1.82, 2.24) is 5.32 Å². The second kappa shape index (κ2) is 7.55. The highest BCUT2D eigenvalue weighted by Gasteiger charge is 2.34. The Morgan fingerprint density at radius 3 is 2.74 bits per heavy atom. The highest BCUT2D eigenvalue weighted by molar-refractivity contribution is 7.80. The van der Waals surface area contributed by atoms with Crippen LogP contribution in [-0.4, -0.2) is 28.6 Å². The fourth-order valence-electron chi connectivity index (χ4n) is 2.57. The average molecular weight is 386 g/mol. The molecule has 138 valence electrons. The maximum absolute atomic E-state index is 13.5. The molecule has 0 bridgehead atoms. The number of nitrogens with one attached hydrogen (secondary N) is 1. The van der Waals surface area contributed by atoms with Crippen molar-refractivity contribution in [2.45, 2.75) is 6.92 Å². The molecule has 6 nitrogen and oxygen atoms in total. The van der Waals surface area contributed by atoms with Gasteiger partial charge < -0.3 is 9.84 Å². The van der Waals surface area contributed by atoms with Crippen LogP contribution in [0.3, 0.4) is 0 Å². The summed E-state index contributed by atoms with van der Waals surface area (Å²) in [6, 6.07) is 9.77. The van der Waals surface area contributed by atoms with E-state index in [1.165, 1.54) is 42.5 Å². The maximum atomic E-state index is 13.5. The number of rotatable bonds is 4. The number of benzene rings is 2. The normalized spacial score (nSPS) is 15.9. The number of thiocarbonyl (C=S) groups is 1. The summed E-state index contributed by atoms with van der Waals surface area (Å²) in [5, 5.41) is 12.1. The molecule has 0 aliphatic carbocycles. The topological polar surface area (TPSA) is 78.9 Å². The van der Waals surface area contributed by atoms with Gasteiger partial charge in [-0.2, -0.15) is 0 Å². The molecular weight excluding hydrogens is 371 g/mol. The summed E-state index contributed by atoms with van der Waals surface area (Å²) in [5.41, 5.74) is 0.499. The van der Waals surface area contributed by atoms with Crippen molar-refractivity contribution >= 4 is 40.9 Å². The monoisotopic (exact) mass is 386 g/mol. The predicted molar refractivity (Wildman–Crippen MR) is 102 cm³/mol. The van der Waals surface area contributed by atoms with Gasteiger partial charge in [-0.3, -0.25) is 19.8 Å². The summed E-state index contributed by atoms with van der Waals surface area (Å²) in [7, 11) is 0. The van der Waals surface area contributed by atoms with Crippen LogP contribution in [0.15, 0.2) is 48.0 Å². The van der Waals surface area contributed by atoms with Gasteiger partial charge in [0.15, 0.2) is 16.6 Å². The Morgan fingerprint density at radius 2 is 2.04 bits per heavy atom. The number of hydrogen-bond acceptors (Lipinski definition) is 5. The van der Waals surface area contributed by atoms with E-state index in [0.717, 1.165) is 11.0 Å². The van der Waals surface area contributed by atoms with Gasteiger partial charge in [0.25, 0.3) is 11.8 Å². The lowest BCUT2D eigenvalue weighted by Crippen LogP contribution is -2.54. The molecule has 2 N–H and O–H groups in total. The minimum absolute atomic E-state index is 0.0546. The number of amides is 2. The van der Waals surface area contributed by atoms with Crippen molar-refractivity contribution in [3.8, 4) is 11.5 Å². The molecule has 0 aromatic heterocycles. The van der Waals surface area contributed by atoms with Crippen molar-refractivity contribution in [2.24, 2.45) is 0 Å². The Kier molecular flexibility index (Phi) is 5.18. The van der Waals surface area contributed by atoms with Crippen LogP contribution in [0, 0.1) is 5.82 Å². The molecule has 0 radical (unpaired) electrons. The number of nitrogens with zero attached hydrogens (tertiary/aromatic N) is 1. The number of halogens is 1. The SMILES string of the molecule is CCOc1cc(C=C2C(=O)NC(=S)N(c3cccc(F)c3)C2=O)ccc1O. The summed E-state index contributed by atoms with van der Waals surface area (Å²) in [6.45, 7) is 2.11. The highest BCUT2D eigenvalue weighted by atomic mass is 32.1. The van der Waals surface area contributed by atoms with Gasteiger partial charge in [0.2, 0.25) is 0 Å². The molecule has 2 aromatic rings. The van der Waals surface area contributed by atoms with Crippen LogP contribution in [0.1, 0.15) is 12.5 Å². The fourth-order valence-corrected chi connectivity index (χ4v) is 2.85. The van der Waals surface area contributed by atoms with Crippen LogP contribution in [0.25, 0.3) is 6.08 Å². The zero-order valence-corrected chi connectivity index (χ0v) is 15.0. The van der Waals surface area contributed by atoms with Crippen molar-refractivity contribution in [3.63, 3.8) is 0 Å². The van der Waals surface area contributed by atoms with Gasteiger partial charge in [-0.15, -0.1) is 0 Å². The van der Waals surface area contributed by atoms with E-state index in [1.54, 1.807) is 6.92 Å². The number of hydrogen-bond donors (Lipinski definition) is 2. The van der Waals surface area contributed by atoms with Gasteiger partial charge in [-0.05, 0) is 61.1 Å². The molecule has 2 aromatic carbocycles. The zero-order valence-electron chi connectivity index (χ0n) is 14.2. The quantitative estimate of drug-likeness (QED) is 0.480. The molecule has 1 aliphatic rings.